The van der Waals surface area contributed by atoms with E-state index in [-0.39, 0.29) is 18.5 Å². The van der Waals surface area contributed by atoms with Gasteiger partial charge in [0.05, 0.1) is 11.9 Å². The molecule has 0 unspecified atom stereocenters. The van der Waals surface area contributed by atoms with Crippen LogP contribution in [0.25, 0.3) is 11.0 Å². The first-order valence-corrected chi connectivity index (χ1v) is 9.74. The molecule has 1 aliphatic rings. The molecule has 1 aliphatic heterocycles. The lowest BCUT2D eigenvalue weighted by molar-refractivity contribution is -0.120. The highest BCUT2D eigenvalue weighted by Crippen LogP contribution is 2.25. The van der Waals surface area contributed by atoms with Crippen molar-refractivity contribution in [3.8, 4) is 0 Å². The SMILES string of the molecule is Cc1cccc(NCC(=O)N[C@@H]2CCCN(c3ncnc4[nH]ccc34)C2)c1C. The number of piperidine rings is 1. The van der Waals surface area contributed by atoms with Crippen molar-refractivity contribution >= 4 is 28.4 Å². The zero-order valence-corrected chi connectivity index (χ0v) is 16.3. The number of nitrogens with zero attached hydrogens (tertiary/aromatic N) is 3. The summed E-state index contributed by atoms with van der Waals surface area (Å²) in [4.78, 5) is 26.6. The zero-order valence-electron chi connectivity index (χ0n) is 16.3. The summed E-state index contributed by atoms with van der Waals surface area (Å²) in [5, 5.41) is 7.45. The lowest BCUT2D eigenvalue weighted by Gasteiger charge is -2.34. The highest BCUT2D eigenvalue weighted by atomic mass is 16.2. The Morgan fingerprint density at radius 3 is 3.07 bits per heavy atom. The summed E-state index contributed by atoms with van der Waals surface area (Å²) in [6, 6.07) is 8.21. The molecule has 28 heavy (non-hydrogen) atoms. The van der Waals surface area contributed by atoms with Gasteiger partial charge in [-0.2, -0.15) is 0 Å². The molecule has 1 amide bonds. The Labute approximate surface area is 164 Å². The van der Waals surface area contributed by atoms with Crippen LogP contribution in [0.2, 0.25) is 0 Å². The van der Waals surface area contributed by atoms with Gasteiger partial charge >= 0.3 is 0 Å². The first kappa shape index (κ1) is 18.3. The van der Waals surface area contributed by atoms with Crippen molar-refractivity contribution in [3.05, 3.63) is 47.9 Å². The Balaban J connectivity index is 1.36. The quantitative estimate of drug-likeness (QED) is 0.636. The number of aromatic amines is 1. The maximum absolute atomic E-state index is 12.5. The molecule has 0 bridgehead atoms. The lowest BCUT2D eigenvalue weighted by atomic mass is 10.1. The van der Waals surface area contributed by atoms with Crippen molar-refractivity contribution in [2.75, 3.05) is 29.9 Å². The predicted molar refractivity (Wildman–Crippen MR) is 112 cm³/mol. The third-order valence-corrected chi connectivity index (χ3v) is 5.46. The maximum Gasteiger partial charge on any atom is 0.239 e. The number of rotatable bonds is 5. The van der Waals surface area contributed by atoms with Crippen molar-refractivity contribution in [1.29, 1.82) is 0 Å². The van der Waals surface area contributed by atoms with Crippen LogP contribution in [0, 0.1) is 13.8 Å². The highest BCUT2D eigenvalue weighted by Gasteiger charge is 2.23. The molecule has 0 radical (unpaired) electrons. The molecule has 146 valence electrons. The van der Waals surface area contributed by atoms with Gasteiger partial charge in [0.1, 0.15) is 17.8 Å². The van der Waals surface area contributed by atoms with Gasteiger partial charge in [-0.05, 0) is 49.9 Å². The van der Waals surface area contributed by atoms with Crippen molar-refractivity contribution in [2.45, 2.75) is 32.7 Å². The minimum atomic E-state index is 0.0160. The fourth-order valence-electron chi connectivity index (χ4n) is 3.79. The summed E-state index contributed by atoms with van der Waals surface area (Å²) in [7, 11) is 0. The molecule has 2 aromatic heterocycles. The van der Waals surface area contributed by atoms with Gasteiger partial charge < -0.3 is 20.5 Å². The van der Waals surface area contributed by atoms with Crippen LogP contribution in [-0.4, -0.2) is 46.5 Å². The van der Waals surface area contributed by atoms with Gasteiger partial charge in [-0.1, -0.05) is 12.1 Å². The second kappa shape index (κ2) is 7.88. The standard InChI is InChI=1S/C21H26N6O/c1-14-5-3-7-18(15(14)2)23-11-19(28)26-16-6-4-10-27(12-16)21-17-8-9-22-20(17)24-13-25-21/h3,5,7-9,13,16,23H,4,6,10-12H2,1-2H3,(H,26,28)(H,22,24,25)/t16-/m1/s1. The van der Waals surface area contributed by atoms with Gasteiger partial charge in [-0.3, -0.25) is 4.79 Å². The molecule has 3 N–H and O–H groups in total. The Hall–Kier alpha value is -3.09. The van der Waals surface area contributed by atoms with Crippen molar-refractivity contribution in [3.63, 3.8) is 0 Å². The van der Waals surface area contributed by atoms with Crippen LogP contribution in [0.1, 0.15) is 24.0 Å². The highest BCUT2D eigenvalue weighted by molar-refractivity contribution is 5.87. The summed E-state index contributed by atoms with van der Waals surface area (Å²) in [5.41, 5.74) is 4.25. The molecule has 3 heterocycles. The fraction of sp³-hybridized carbons (Fsp3) is 0.381. The number of aromatic nitrogens is 3. The molecule has 0 saturated carbocycles. The maximum atomic E-state index is 12.5. The summed E-state index contributed by atoms with van der Waals surface area (Å²) in [6.07, 6.45) is 5.47. The third kappa shape index (κ3) is 3.78. The molecule has 1 saturated heterocycles. The Bertz CT molecular complexity index is 982. The number of benzene rings is 1. The van der Waals surface area contributed by atoms with E-state index in [9.17, 15) is 4.79 Å². The Kier molecular flexibility index (Phi) is 5.14. The van der Waals surface area contributed by atoms with Crippen molar-refractivity contribution in [1.82, 2.24) is 20.3 Å². The van der Waals surface area contributed by atoms with E-state index in [4.69, 9.17) is 0 Å². The van der Waals surface area contributed by atoms with E-state index < -0.39 is 0 Å². The number of anilines is 2. The summed E-state index contributed by atoms with van der Waals surface area (Å²) < 4.78 is 0. The molecule has 3 aromatic rings. The number of H-pyrrole nitrogens is 1. The first-order valence-electron chi connectivity index (χ1n) is 9.74. The van der Waals surface area contributed by atoms with E-state index in [1.807, 2.05) is 24.4 Å². The van der Waals surface area contributed by atoms with Gasteiger partial charge in [0.25, 0.3) is 0 Å². The minimum absolute atomic E-state index is 0.0160. The number of hydrogen-bond acceptors (Lipinski definition) is 5. The van der Waals surface area contributed by atoms with E-state index in [0.717, 1.165) is 48.5 Å². The number of carbonyl (C=O) groups excluding carboxylic acids is 1. The number of carbonyl (C=O) groups is 1. The molecule has 1 aromatic carbocycles. The van der Waals surface area contributed by atoms with Crippen molar-refractivity contribution < 1.29 is 4.79 Å². The number of nitrogens with one attached hydrogen (secondary N) is 3. The van der Waals surface area contributed by atoms with Gasteiger partial charge in [-0.25, -0.2) is 9.97 Å². The van der Waals surface area contributed by atoms with Crippen molar-refractivity contribution in [2.24, 2.45) is 0 Å². The van der Waals surface area contributed by atoms with Crippen LogP contribution in [0.15, 0.2) is 36.8 Å². The van der Waals surface area contributed by atoms with Gasteiger partial charge in [0.2, 0.25) is 5.91 Å². The zero-order chi connectivity index (χ0) is 19.5. The molecular weight excluding hydrogens is 352 g/mol. The minimum Gasteiger partial charge on any atom is -0.376 e. The molecule has 7 heteroatoms. The lowest BCUT2D eigenvalue weighted by Crippen LogP contribution is -2.49. The molecule has 7 nitrogen and oxygen atoms in total. The summed E-state index contributed by atoms with van der Waals surface area (Å²) in [6.45, 7) is 6.11. The topological polar surface area (TPSA) is 85.9 Å². The number of fused-ring (bicyclic) bond motifs is 1. The predicted octanol–water partition coefficient (Wildman–Crippen LogP) is 2.77. The normalized spacial score (nSPS) is 16.9. The molecule has 0 aliphatic carbocycles. The Morgan fingerprint density at radius 1 is 1.29 bits per heavy atom. The van der Waals surface area contributed by atoms with Crippen LogP contribution >= 0.6 is 0 Å². The van der Waals surface area contributed by atoms with E-state index >= 15 is 0 Å². The molecular formula is C21H26N6O. The van der Waals surface area contributed by atoms with Gasteiger partial charge in [-0.15, -0.1) is 0 Å². The van der Waals surface area contributed by atoms with Gasteiger partial charge in [0, 0.05) is 31.0 Å². The number of aryl methyl sites for hydroxylation is 1. The Morgan fingerprint density at radius 2 is 2.18 bits per heavy atom. The van der Waals surface area contributed by atoms with E-state index in [2.05, 4.69) is 50.4 Å². The number of hydrogen-bond donors (Lipinski definition) is 3. The smallest absolute Gasteiger partial charge is 0.239 e. The van der Waals surface area contributed by atoms with E-state index in [1.165, 1.54) is 11.1 Å². The van der Waals surface area contributed by atoms with Crippen LogP contribution in [0.3, 0.4) is 0 Å². The average Bonchev–Trinajstić information content (AvgIpc) is 3.18. The first-order chi connectivity index (χ1) is 13.6. The fourth-order valence-corrected chi connectivity index (χ4v) is 3.79. The summed E-state index contributed by atoms with van der Waals surface area (Å²) in [5.74, 6) is 0.945. The average molecular weight is 378 g/mol. The molecule has 1 atom stereocenters. The third-order valence-electron chi connectivity index (χ3n) is 5.46. The second-order valence-corrected chi connectivity index (χ2v) is 7.39. The molecule has 0 spiro atoms. The molecule has 1 fully saturated rings. The molecule has 4 rings (SSSR count). The number of amides is 1. The van der Waals surface area contributed by atoms with Crippen LogP contribution in [-0.2, 0) is 4.79 Å². The van der Waals surface area contributed by atoms with E-state index in [0.29, 0.717) is 0 Å². The van der Waals surface area contributed by atoms with E-state index in [1.54, 1.807) is 6.33 Å². The second-order valence-electron chi connectivity index (χ2n) is 7.39. The monoisotopic (exact) mass is 378 g/mol. The summed E-state index contributed by atoms with van der Waals surface area (Å²) >= 11 is 0. The largest absolute Gasteiger partial charge is 0.376 e. The van der Waals surface area contributed by atoms with Crippen LogP contribution in [0.4, 0.5) is 11.5 Å². The van der Waals surface area contributed by atoms with Gasteiger partial charge in [0.15, 0.2) is 0 Å². The van der Waals surface area contributed by atoms with Crippen LogP contribution in [0.5, 0.6) is 0 Å². The van der Waals surface area contributed by atoms with Crippen LogP contribution < -0.4 is 15.5 Å².